The summed E-state index contributed by atoms with van der Waals surface area (Å²) in [6.07, 6.45) is -2.22. The van der Waals surface area contributed by atoms with E-state index >= 15 is 0 Å². The number of halogens is 4. The predicted molar refractivity (Wildman–Crippen MR) is 132 cm³/mol. The van der Waals surface area contributed by atoms with Crippen LogP contribution in [0.2, 0.25) is 0 Å². The second-order valence-electron chi connectivity index (χ2n) is 8.29. The van der Waals surface area contributed by atoms with Crippen LogP contribution in [0.15, 0.2) is 41.9 Å². The molecule has 192 valence electrons. The molecule has 0 saturated heterocycles. The highest BCUT2D eigenvalue weighted by molar-refractivity contribution is 8.02. The Labute approximate surface area is 209 Å². The molecule has 2 heterocycles. The normalized spacial score (nSPS) is 15.6. The van der Waals surface area contributed by atoms with Gasteiger partial charge in [-0.2, -0.15) is 13.2 Å². The van der Waals surface area contributed by atoms with Crippen LogP contribution in [-0.4, -0.2) is 58.1 Å². The quantitative estimate of drug-likeness (QED) is 0.370. The highest BCUT2D eigenvalue weighted by atomic mass is 32.2. The topological polar surface area (TPSA) is 84.5 Å². The van der Waals surface area contributed by atoms with E-state index in [1.54, 1.807) is 19.2 Å². The first-order valence-corrected chi connectivity index (χ1v) is 12.2. The summed E-state index contributed by atoms with van der Waals surface area (Å²) in [7, 11) is 1.80. The largest absolute Gasteiger partial charge is 0.417 e. The standard InChI is InChI=1S/C24H25F4N5O2S/c1-3-6-33(7-9-34)15-12-17(22(35)31-23-32(2)8-10-36-23)20-19(13-15)29-21(30-20)16-5-4-14(25)11-18(16)24(26,27)28/h4-5,8,10-13,23,34H,3,6-7,9H2,1-2H3,(H,29,30)(H,31,35). The number of carbonyl (C=O) groups is 1. The Kier molecular flexibility index (Phi) is 7.46. The Morgan fingerprint density at radius 3 is 2.69 bits per heavy atom. The first-order valence-electron chi connectivity index (χ1n) is 11.2. The van der Waals surface area contributed by atoms with Gasteiger partial charge in [-0.15, -0.1) is 0 Å². The predicted octanol–water partition coefficient (Wildman–Crippen LogP) is 4.76. The van der Waals surface area contributed by atoms with Gasteiger partial charge in [-0.1, -0.05) is 18.7 Å². The number of rotatable bonds is 8. The number of hydrogen-bond acceptors (Lipinski definition) is 6. The first-order chi connectivity index (χ1) is 17.1. The van der Waals surface area contributed by atoms with Gasteiger partial charge in [-0.25, -0.2) is 9.37 Å². The Hall–Kier alpha value is -3.25. The van der Waals surface area contributed by atoms with Gasteiger partial charge >= 0.3 is 6.18 Å². The van der Waals surface area contributed by atoms with Gasteiger partial charge in [-0.3, -0.25) is 4.79 Å². The number of H-pyrrole nitrogens is 1. The van der Waals surface area contributed by atoms with Gasteiger partial charge < -0.3 is 25.2 Å². The number of amides is 1. The van der Waals surface area contributed by atoms with Crippen molar-refractivity contribution in [2.75, 3.05) is 31.6 Å². The van der Waals surface area contributed by atoms with E-state index in [0.717, 1.165) is 18.6 Å². The van der Waals surface area contributed by atoms with Crippen molar-refractivity contribution in [3.8, 4) is 11.4 Å². The number of fused-ring (bicyclic) bond motifs is 1. The molecule has 7 nitrogen and oxygen atoms in total. The van der Waals surface area contributed by atoms with Crippen LogP contribution in [0.1, 0.15) is 29.3 Å². The number of carbonyl (C=O) groups excluding carboxylic acids is 1. The van der Waals surface area contributed by atoms with Gasteiger partial charge in [0.05, 0.1) is 23.3 Å². The van der Waals surface area contributed by atoms with Gasteiger partial charge in [0.2, 0.25) is 0 Å². The Morgan fingerprint density at radius 1 is 1.28 bits per heavy atom. The fourth-order valence-electron chi connectivity index (χ4n) is 4.01. The van der Waals surface area contributed by atoms with Crippen LogP contribution in [0.25, 0.3) is 22.4 Å². The van der Waals surface area contributed by atoms with Crippen molar-refractivity contribution in [2.45, 2.75) is 25.0 Å². The Balaban J connectivity index is 1.86. The molecule has 3 aromatic rings. The first kappa shape index (κ1) is 25.8. The highest BCUT2D eigenvalue weighted by Gasteiger charge is 2.35. The molecule has 1 amide bonds. The van der Waals surface area contributed by atoms with E-state index in [-0.39, 0.29) is 34.6 Å². The fraction of sp³-hybridized carbons (Fsp3) is 0.333. The number of aliphatic hydroxyl groups is 1. The number of anilines is 1. The van der Waals surface area contributed by atoms with Gasteiger partial charge in [-0.05, 0) is 42.2 Å². The van der Waals surface area contributed by atoms with Crippen LogP contribution in [0.4, 0.5) is 23.2 Å². The van der Waals surface area contributed by atoms with Crippen LogP contribution in [-0.2, 0) is 6.18 Å². The number of nitrogens with zero attached hydrogens (tertiary/aromatic N) is 3. The van der Waals surface area contributed by atoms with E-state index < -0.39 is 23.5 Å². The van der Waals surface area contributed by atoms with E-state index in [1.165, 1.54) is 11.8 Å². The zero-order valence-electron chi connectivity index (χ0n) is 19.6. The molecule has 1 unspecified atom stereocenters. The van der Waals surface area contributed by atoms with Crippen molar-refractivity contribution >= 4 is 34.4 Å². The monoisotopic (exact) mass is 523 g/mol. The maximum Gasteiger partial charge on any atom is 0.417 e. The molecule has 0 spiro atoms. The minimum atomic E-state index is -4.81. The van der Waals surface area contributed by atoms with E-state index in [0.29, 0.717) is 30.4 Å². The van der Waals surface area contributed by atoms with E-state index in [4.69, 9.17) is 0 Å². The summed E-state index contributed by atoms with van der Waals surface area (Å²) in [6, 6.07) is 5.67. The molecule has 0 aliphatic carbocycles. The number of nitrogens with one attached hydrogen (secondary N) is 2. The lowest BCUT2D eigenvalue weighted by Gasteiger charge is -2.25. The number of imidazole rings is 1. The summed E-state index contributed by atoms with van der Waals surface area (Å²) >= 11 is 1.39. The minimum absolute atomic E-state index is 0.118. The van der Waals surface area contributed by atoms with E-state index in [2.05, 4.69) is 15.3 Å². The number of aromatic nitrogens is 2. The lowest BCUT2D eigenvalue weighted by Crippen LogP contribution is -2.39. The summed E-state index contributed by atoms with van der Waals surface area (Å²) in [5.74, 6) is -1.61. The molecule has 0 bridgehead atoms. The van der Waals surface area contributed by atoms with Crippen molar-refractivity contribution in [1.29, 1.82) is 0 Å². The third-order valence-electron chi connectivity index (χ3n) is 5.71. The molecule has 12 heteroatoms. The molecule has 1 aromatic heterocycles. The van der Waals surface area contributed by atoms with Gasteiger partial charge in [0.15, 0.2) is 5.50 Å². The summed E-state index contributed by atoms with van der Waals surface area (Å²) in [5, 5.41) is 14.3. The van der Waals surface area contributed by atoms with E-state index in [1.807, 2.05) is 28.3 Å². The average molecular weight is 524 g/mol. The highest BCUT2D eigenvalue weighted by Crippen LogP contribution is 2.38. The van der Waals surface area contributed by atoms with Crippen molar-refractivity contribution in [3.63, 3.8) is 0 Å². The molecule has 1 aliphatic rings. The number of alkyl halides is 3. The fourth-order valence-corrected chi connectivity index (χ4v) is 4.86. The number of thioether (sulfide) groups is 1. The third-order valence-corrected chi connectivity index (χ3v) is 6.70. The lowest BCUT2D eigenvalue weighted by atomic mass is 10.1. The van der Waals surface area contributed by atoms with Gasteiger partial charge in [0, 0.05) is 37.6 Å². The Morgan fingerprint density at radius 2 is 2.06 bits per heavy atom. The van der Waals surface area contributed by atoms with Crippen LogP contribution >= 0.6 is 11.8 Å². The molecule has 3 N–H and O–H groups in total. The zero-order chi connectivity index (χ0) is 26.0. The second kappa shape index (κ2) is 10.4. The lowest BCUT2D eigenvalue weighted by molar-refractivity contribution is -0.137. The van der Waals surface area contributed by atoms with Crippen LogP contribution in [0.5, 0.6) is 0 Å². The summed E-state index contributed by atoms with van der Waals surface area (Å²) in [5.41, 5.74) is -0.551. The van der Waals surface area contributed by atoms with Crippen molar-refractivity contribution in [3.05, 3.63) is 58.9 Å². The number of hydrogen-bond donors (Lipinski definition) is 3. The molecule has 1 aliphatic heterocycles. The third kappa shape index (κ3) is 5.29. The molecular weight excluding hydrogens is 498 g/mol. The SMILES string of the molecule is CCCN(CCO)c1cc(C(=O)NC2SC=CN2C)c2nc(-c3ccc(F)cc3C(F)(F)F)[nH]c2c1. The molecule has 0 fully saturated rings. The summed E-state index contributed by atoms with van der Waals surface area (Å²) < 4.78 is 54.7. The van der Waals surface area contributed by atoms with Gasteiger partial charge in [0.1, 0.15) is 17.2 Å². The number of aromatic amines is 1. The van der Waals surface area contributed by atoms with Crippen molar-refractivity contribution < 1.29 is 27.5 Å². The van der Waals surface area contributed by atoms with Gasteiger partial charge in [0.25, 0.3) is 5.91 Å². The average Bonchev–Trinajstić information content (AvgIpc) is 3.43. The molecule has 0 saturated carbocycles. The molecule has 36 heavy (non-hydrogen) atoms. The number of aliphatic hydroxyl groups excluding tert-OH is 1. The smallest absolute Gasteiger partial charge is 0.395 e. The maximum absolute atomic E-state index is 13.7. The van der Waals surface area contributed by atoms with Crippen molar-refractivity contribution in [2.24, 2.45) is 0 Å². The van der Waals surface area contributed by atoms with Crippen LogP contribution < -0.4 is 10.2 Å². The van der Waals surface area contributed by atoms with Crippen molar-refractivity contribution in [1.82, 2.24) is 20.2 Å². The molecule has 0 radical (unpaired) electrons. The summed E-state index contributed by atoms with van der Waals surface area (Å²) in [6.45, 7) is 2.75. The number of benzene rings is 2. The maximum atomic E-state index is 13.7. The summed E-state index contributed by atoms with van der Waals surface area (Å²) in [4.78, 5) is 24.3. The Bertz CT molecular complexity index is 1290. The molecule has 4 rings (SSSR count). The zero-order valence-corrected chi connectivity index (χ0v) is 20.4. The molecule has 1 atom stereocenters. The van der Waals surface area contributed by atoms with Crippen LogP contribution in [0.3, 0.4) is 0 Å². The minimum Gasteiger partial charge on any atom is -0.395 e. The molecule has 2 aromatic carbocycles. The van der Waals surface area contributed by atoms with E-state index in [9.17, 15) is 27.5 Å². The van der Waals surface area contributed by atoms with Crippen LogP contribution in [0, 0.1) is 5.82 Å². The second-order valence-corrected chi connectivity index (χ2v) is 9.28. The molecular formula is C24H25F4N5O2S.